The SMILES string of the molecule is CCCn1nc(C)c([N+](=O)[O-])c1NC1CCC(C)(C)C1. The summed E-state index contributed by atoms with van der Waals surface area (Å²) in [6, 6.07) is 0.301. The highest BCUT2D eigenvalue weighted by Gasteiger charge is 2.34. The summed E-state index contributed by atoms with van der Waals surface area (Å²) in [7, 11) is 0. The third-order valence-electron chi connectivity index (χ3n) is 4.02. The zero-order chi connectivity index (χ0) is 14.9. The van der Waals surface area contributed by atoms with Gasteiger partial charge in [-0.05, 0) is 38.0 Å². The predicted octanol–water partition coefficient (Wildman–Crippen LogP) is 3.50. The molecule has 0 amide bonds. The number of nitrogens with zero attached hydrogens (tertiary/aromatic N) is 3. The Morgan fingerprint density at radius 1 is 1.55 bits per heavy atom. The summed E-state index contributed by atoms with van der Waals surface area (Å²) in [5, 5.41) is 19.0. The Bertz CT molecular complexity index is 508. The molecule has 0 radical (unpaired) electrons. The van der Waals surface area contributed by atoms with Gasteiger partial charge in [-0.3, -0.25) is 10.1 Å². The van der Waals surface area contributed by atoms with Crippen LogP contribution in [0, 0.1) is 22.5 Å². The molecular formula is C14H24N4O2. The van der Waals surface area contributed by atoms with Crippen molar-refractivity contribution in [3.05, 3.63) is 15.8 Å². The number of aryl methyl sites for hydroxylation is 2. The second-order valence-corrected chi connectivity index (χ2v) is 6.51. The maximum absolute atomic E-state index is 11.3. The Labute approximate surface area is 119 Å². The molecule has 6 nitrogen and oxygen atoms in total. The number of hydrogen-bond donors (Lipinski definition) is 1. The maximum Gasteiger partial charge on any atom is 0.333 e. The largest absolute Gasteiger partial charge is 0.362 e. The van der Waals surface area contributed by atoms with Crippen LogP contribution in [0.3, 0.4) is 0 Å². The van der Waals surface area contributed by atoms with Crippen molar-refractivity contribution in [1.82, 2.24) is 9.78 Å². The van der Waals surface area contributed by atoms with Gasteiger partial charge in [0.2, 0.25) is 5.82 Å². The van der Waals surface area contributed by atoms with Crippen LogP contribution < -0.4 is 5.32 Å². The van der Waals surface area contributed by atoms with Crippen molar-refractivity contribution in [3.63, 3.8) is 0 Å². The Hall–Kier alpha value is -1.59. The molecule has 1 saturated carbocycles. The summed E-state index contributed by atoms with van der Waals surface area (Å²) in [4.78, 5) is 11.0. The Kier molecular flexibility index (Phi) is 4.01. The number of anilines is 1. The molecule has 0 aliphatic heterocycles. The lowest BCUT2D eigenvalue weighted by molar-refractivity contribution is -0.384. The van der Waals surface area contributed by atoms with Crippen molar-refractivity contribution in [2.75, 3.05) is 5.32 Å². The van der Waals surface area contributed by atoms with Gasteiger partial charge in [0.25, 0.3) is 0 Å². The molecule has 2 rings (SSSR count). The van der Waals surface area contributed by atoms with Crippen LogP contribution in [0.5, 0.6) is 0 Å². The van der Waals surface area contributed by atoms with Gasteiger partial charge in [-0.2, -0.15) is 5.10 Å². The van der Waals surface area contributed by atoms with Gasteiger partial charge in [-0.25, -0.2) is 4.68 Å². The Balaban J connectivity index is 2.27. The van der Waals surface area contributed by atoms with Gasteiger partial charge in [0.05, 0.1) is 4.92 Å². The molecule has 1 atom stereocenters. The first-order valence-corrected chi connectivity index (χ1v) is 7.32. The first-order valence-electron chi connectivity index (χ1n) is 7.32. The molecule has 112 valence electrons. The number of nitrogens with one attached hydrogen (secondary N) is 1. The summed E-state index contributed by atoms with van der Waals surface area (Å²) >= 11 is 0. The number of aromatic nitrogens is 2. The quantitative estimate of drug-likeness (QED) is 0.661. The fourth-order valence-electron chi connectivity index (χ4n) is 3.06. The van der Waals surface area contributed by atoms with Gasteiger partial charge < -0.3 is 5.32 Å². The van der Waals surface area contributed by atoms with E-state index in [1.54, 1.807) is 11.6 Å². The molecule has 1 unspecified atom stereocenters. The van der Waals surface area contributed by atoms with Crippen LogP contribution >= 0.6 is 0 Å². The smallest absolute Gasteiger partial charge is 0.333 e. The van der Waals surface area contributed by atoms with Crippen LogP contribution in [0.1, 0.15) is 52.1 Å². The molecular weight excluding hydrogens is 256 g/mol. The molecule has 1 aliphatic carbocycles. The van der Waals surface area contributed by atoms with Crippen molar-refractivity contribution in [3.8, 4) is 0 Å². The summed E-state index contributed by atoms with van der Waals surface area (Å²) < 4.78 is 1.75. The lowest BCUT2D eigenvalue weighted by Gasteiger charge is -2.18. The van der Waals surface area contributed by atoms with Gasteiger partial charge >= 0.3 is 5.69 Å². The molecule has 0 aromatic carbocycles. The molecule has 0 bridgehead atoms. The van der Waals surface area contributed by atoms with Crippen LogP contribution in [0.25, 0.3) is 0 Å². The average Bonchev–Trinajstić information content (AvgIpc) is 2.81. The highest BCUT2D eigenvalue weighted by Crippen LogP contribution is 2.39. The van der Waals surface area contributed by atoms with Crippen LogP contribution in [0.4, 0.5) is 11.5 Å². The standard InChI is InChI=1S/C14H24N4O2/c1-5-8-17-13(12(18(19)20)10(2)16-17)15-11-6-7-14(3,4)9-11/h11,15H,5-9H2,1-4H3. The fourth-order valence-corrected chi connectivity index (χ4v) is 3.06. The van der Waals surface area contributed by atoms with Crippen molar-refractivity contribution in [2.24, 2.45) is 5.41 Å². The topological polar surface area (TPSA) is 73.0 Å². The van der Waals surface area contributed by atoms with Crippen LogP contribution in [0.2, 0.25) is 0 Å². The zero-order valence-corrected chi connectivity index (χ0v) is 12.8. The molecule has 1 heterocycles. The number of hydrogen-bond acceptors (Lipinski definition) is 4. The normalized spacial score (nSPS) is 21.1. The highest BCUT2D eigenvalue weighted by molar-refractivity contribution is 5.60. The third-order valence-corrected chi connectivity index (χ3v) is 4.02. The van der Waals surface area contributed by atoms with Crippen molar-refractivity contribution in [2.45, 2.75) is 66.0 Å². The molecule has 1 aromatic rings. The van der Waals surface area contributed by atoms with Crippen LogP contribution in [-0.4, -0.2) is 20.7 Å². The average molecular weight is 280 g/mol. The van der Waals surface area contributed by atoms with Crippen molar-refractivity contribution < 1.29 is 4.92 Å². The Morgan fingerprint density at radius 2 is 2.25 bits per heavy atom. The zero-order valence-electron chi connectivity index (χ0n) is 12.8. The van der Waals surface area contributed by atoms with E-state index in [0.29, 0.717) is 29.5 Å². The molecule has 1 N–H and O–H groups in total. The monoisotopic (exact) mass is 280 g/mol. The van der Waals surface area contributed by atoms with Gasteiger partial charge in [-0.1, -0.05) is 20.8 Å². The van der Waals surface area contributed by atoms with E-state index in [2.05, 4.69) is 24.3 Å². The molecule has 1 aliphatic rings. The second-order valence-electron chi connectivity index (χ2n) is 6.51. The maximum atomic E-state index is 11.3. The molecule has 0 spiro atoms. The van der Waals surface area contributed by atoms with Gasteiger partial charge in [0, 0.05) is 12.6 Å². The number of nitro groups is 1. The third kappa shape index (κ3) is 2.94. The summed E-state index contributed by atoms with van der Waals surface area (Å²) in [5.41, 5.74) is 0.934. The van der Waals surface area contributed by atoms with E-state index in [9.17, 15) is 10.1 Å². The van der Waals surface area contributed by atoms with E-state index in [4.69, 9.17) is 0 Å². The van der Waals surface area contributed by atoms with Gasteiger partial charge in [0.15, 0.2) is 0 Å². The fraction of sp³-hybridized carbons (Fsp3) is 0.786. The molecule has 0 saturated heterocycles. The van der Waals surface area contributed by atoms with Crippen molar-refractivity contribution >= 4 is 11.5 Å². The molecule has 1 fully saturated rings. The molecule has 20 heavy (non-hydrogen) atoms. The van der Waals surface area contributed by atoms with Crippen LogP contribution in [0.15, 0.2) is 0 Å². The van der Waals surface area contributed by atoms with E-state index in [0.717, 1.165) is 25.7 Å². The molecule has 6 heteroatoms. The second kappa shape index (κ2) is 5.42. The van der Waals surface area contributed by atoms with E-state index >= 15 is 0 Å². The highest BCUT2D eigenvalue weighted by atomic mass is 16.6. The van der Waals surface area contributed by atoms with Gasteiger partial charge in [-0.15, -0.1) is 0 Å². The minimum absolute atomic E-state index is 0.128. The first kappa shape index (κ1) is 14.8. The van der Waals surface area contributed by atoms with Gasteiger partial charge in [0.1, 0.15) is 5.69 Å². The summed E-state index contributed by atoms with van der Waals surface area (Å²) in [5.74, 6) is 0.581. The van der Waals surface area contributed by atoms with E-state index in [-0.39, 0.29) is 10.6 Å². The predicted molar refractivity (Wildman–Crippen MR) is 79.0 cm³/mol. The minimum atomic E-state index is -0.322. The van der Waals surface area contributed by atoms with E-state index in [1.807, 2.05) is 6.92 Å². The lowest BCUT2D eigenvalue weighted by atomic mass is 9.92. The summed E-state index contributed by atoms with van der Waals surface area (Å²) in [6.07, 6.45) is 4.16. The van der Waals surface area contributed by atoms with E-state index < -0.39 is 0 Å². The lowest BCUT2D eigenvalue weighted by Crippen LogP contribution is -2.20. The Morgan fingerprint density at radius 3 is 2.75 bits per heavy atom. The van der Waals surface area contributed by atoms with Crippen molar-refractivity contribution in [1.29, 1.82) is 0 Å². The number of rotatable bonds is 5. The molecule has 1 aromatic heterocycles. The van der Waals surface area contributed by atoms with E-state index in [1.165, 1.54) is 0 Å². The first-order chi connectivity index (χ1) is 9.34. The minimum Gasteiger partial charge on any atom is -0.362 e. The summed E-state index contributed by atoms with van der Waals surface area (Å²) in [6.45, 7) is 8.95. The van der Waals surface area contributed by atoms with Crippen LogP contribution in [-0.2, 0) is 6.54 Å².